The smallest absolute Gasteiger partial charge is 0.134 e. The molecule has 1 aliphatic rings. The van der Waals surface area contributed by atoms with Crippen LogP contribution in [0.5, 0.6) is 0 Å². The second-order valence-corrected chi connectivity index (χ2v) is 6.12. The monoisotopic (exact) mass is 276 g/mol. The Labute approximate surface area is 122 Å². The van der Waals surface area contributed by atoms with Gasteiger partial charge in [-0.15, -0.1) is 0 Å². The van der Waals surface area contributed by atoms with Crippen LogP contribution in [0.1, 0.15) is 57.3 Å². The first-order valence-corrected chi connectivity index (χ1v) is 7.93. The van der Waals surface area contributed by atoms with E-state index in [4.69, 9.17) is 0 Å². The van der Waals surface area contributed by atoms with Gasteiger partial charge in [0.2, 0.25) is 0 Å². The van der Waals surface area contributed by atoms with Crippen molar-refractivity contribution in [2.75, 3.05) is 23.7 Å². The molecule has 0 aromatic carbocycles. The second-order valence-electron chi connectivity index (χ2n) is 6.12. The highest BCUT2D eigenvalue weighted by Crippen LogP contribution is 2.49. The van der Waals surface area contributed by atoms with Crippen molar-refractivity contribution in [3.63, 3.8) is 0 Å². The predicted molar refractivity (Wildman–Crippen MR) is 85.4 cm³/mol. The summed E-state index contributed by atoms with van der Waals surface area (Å²) in [7, 11) is 0. The summed E-state index contributed by atoms with van der Waals surface area (Å²) < 4.78 is 0. The predicted octanol–water partition coefficient (Wildman–Crippen LogP) is 3.91. The highest BCUT2D eigenvalue weighted by Gasteiger charge is 2.41. The van der Waals surface area contributed by atoms with E-state index in [-0.39, 0.29) is 0 Å². The van der Waals surface area contributed by atoms with Gasteiger partial charge in [0.05, 0.1) is 0 Å². The summed E-state index contributed by atoms with van der Waals surface area (Å²) in [6.45, 7) is 10.5. The molecule has 0 spiro atoms. The van der Waals surface area contributed by atoms with Crippen LogP contribution in [0.15, 0.2) is 0 Å². The number of nitrogens with zero attached hydrogens (tertiary/aromatic N) is 2. The molecular weight excluding hydrogens is 248 g/mol. The summed E-state index contributed by atoms with van der Waals surface area (Å²) >= 11 is 0. The zero-order valence-electron chi connectivity index (χ0n) is 13.3. The molecule has 1 aromatic rings. The molecule has 1 aromatic heterocycles. The molecular formula is C16H28N4. The van der Waals surface area contributed by atoms with E-state index < -0.39 is 0 Å². The van der Waals surface area contributed by atoms with Crippen molar-refractivity contribution in [2.24, 2.45) is 5.41 Å². The Balaban J connectivity index is 2.05. The SMILES string of the molecule is CCCNc1nc(C)nc(NCC2(CCC)CC2)c1C. The highest BCUT2D eigenvalue weighted by molar-refractivity contribution is 5.57. The lowest BCUT2D eigenvalue weighted by Gasteiger charge is -2.18. The summed E-state index contributed by atoms with van der Waals surface area (Å²) in [5.41, 5.74) is 1.67. The molecule has 1 saturated carbocycles. The molecule has 1 heterocycles. The zero-order chi connectivity index (χ0) is 14.6. The Morgan fingerprint density at radius 2 is 1.65 bits per heavy atom. The number of hydrogen-bond donors (Lipinski definition) is 2. The summed E-state index contributed by atoms with van der Waals surface area (Å²) in [6, 6.07) is 0. The van der Waals surface area contributed by atoms with E-state index in [2.05, 4.69) is 41.4 Å². The molecule has 0 radical (unpaired) electrons. The van der Waals surface area contributed by atoms with E-state index in [0.717, 1.165) is 42.5 Å². The van der Waals surface area contributed by atoms with Crippen molar-refractivity contribution < 1.29 is 0 Å². The van der Waals surface area contributed by atoms with Gasteiger partial charge in [0.1, 0.15) is 17.5 Å². The Morgan fingerprint density at radius 1 is 1.00 bits per heavy atom. The molecule has 1 fully saturated rings. The zero-order valence-corrected chi connectivity index (χ0v) is 13.3. The first-order chi connectivity index (χ1) is 9.60. The van der Waals surface area contributed by atoms with Crippen LogP contribution in [0.2, 0.25) is 0 Å². The van der Waals surface area contributed by atoms with Gasteiger partial charge in [0, 0.05) is 18.7 Å². The fourth-order valence-corrected chi connectivity index (χ4v) is 2.71. The number of anilines is 2. The number of nitrogens with one attached hydrogen (secondary N) is 2. The lowest BCUT2D eigenvalue weighted by Crippen LogP contribution is -2.18. The highest BCUT2D eigenvalue weighted by atomic mass is 15.1. The standard InChI is InChI=1S/C16H28N4/c1-5-7-16(8-9-16)11-18-15-12(3)14(17-10-6-2)19-13(4)20-15/h5-11H2,1-4H3,(H2,17,18,19,20). The van der Waals surface area contributed by atoms with Crippen LogP contribution in [0.3, 0.4) is 0 Å². The second kappa shape index (κ2) is 6.42. The van der Waals surface area contributed by atoms with Crippen LogP contribution < -0.4 is 10.6 Å². The van der Waals surface area contributed by atoms with Gasteiger partial charge in [-0.05, 0) is 44.9 Å². The molecule has 0 unspecified atom stereocenters. The summed E-state index contributed by atoms with van der Waals surface area (Å²) in [4.78, 5) is 9.08. The first kappa shape index (κ1) is 15.1. The molecule has 2 N–H and O–H groups in total. The topological polar surface area (TPSA) is 49.8 Å². The van der Waals surface area contributed by atoms with Crippen LogP contribution in [0.25, 0.3) is 0 Å². The van der Waals surface area contributed by atoms with Gasteiger partial charge in [0.15, 0.2) is 0 Å². The number of rotatable bonds is 8. The van der Waals surface area contributed by atoms with E-state index in [1.807, 2.05) is 6.92 Å². The molecule has 0 saturated heterocycles. The molecule has 1 aliphatic carbocycles. The van der Waals surface area contributed by atoms with E-state index >= 15 is 0 Å². The van der Waals surface area contributed by atoms with Crippen molar-refractivity contribution in [1.82, 2.24) is 9.97 Å². The van der Waals surface area contributed by atoms with Crippen molar-refractivity contribution in [3.8, 4) is 0 Å². The maximum absolute atomic E-state index is 4.57. The van der Waals surface area contributed by atoms with Crippen molar-refractivity contribution in [1.29, 1.82) is 0 Å². The van der Waals surface area contributed by atoms with Crippen LogP contribution in [0.4, 0.5) is 11.6 Å². The number of hydrogen-bond acceptors (Lipinski definition) is 4. The van der Waals surface area contributed by atoms with E-state index in [1.165, 1.54) is 25.7 Å². The third kappa shape index (κ3) is 3.62. The van der Waals surface area contributed by atoms with Gasteiger partial charge < -0.3 is 10.6 Å². The Morgan fingerprint density at radius 3 is 2.20 bits per heavy atom. The maximum atomic E-state index is 4.57. The van der Waals surface area contributed by atoms with E-state index in [0.29, 0.717) is 5.41 Å². The van der Waals surface area contributed by atoms with Crippen LogP contribution in [-0.2, 0) is 0 Å². The van der Waals surface area contributed by atoms with Crippen LogP contribution >= 0.6 is 0 Å². The molecule has 112 valence electrons. The first-order valence-electron chi connectivity index (χ1n) is 7.93. The molecule has 0 amide bonds. The summed E-state index contributed by atoms with van der Waals surface area (Å²) in [5.74, 6) is 2.80. The van der Waals surface area contributed by atoms with Crippen LogP contribution in [0, 0.1) is 19.3 Å². The van der Waals surface area contributed by atoms with Gasteiger partial charge in [-0.25, -0.2) is 9.97 Å². The fraction of sp³-hybridized carbons (Fsp3) is 0.750. The summed E-state index contributed by atoms with van der Waals surface area (Å²) in [6.07, 6.45) is 6.41. The van der Waals surface area contributed by atoms with E-state index in [1.54, 1.807) is 0 Å². The summed E-state index contributed by atoms with van der Waals surface area (Å²) in [5, 5.41) is 6.96. The van der Waals surface area contributed by atoms with Gasteiger partial charge >= 0.3 is 0 Å². The Bertz CT molecular complexity index is 452. The minimum absolute atomic E-state index is 0.539. The molecule has 4 heteroatoms. The average molecular weight is 276 g/mol. The minimum atomic E-state index is 0.539. The minimum Gasteiger partial charge on any atom is -0.370 e. The largest absolute Gasteiger partial charge is 0.370 e. The molecule has 4 nitrogen and oxygen atoms in total. The van der Waals surface area contributed by atoms with Crippen molar-refractivity contribution >= 4 is 11.6 Å². The van der Waals surface area contributed by atoms with E-state index in [9.17, 15) is 0 Å². The molecule has 20 heavy (non-hydrogen) atoms. The van der Waals surface area contributed by atoms with Crippen molar-refractivity contribution in [2.45, 2.75) is 59.8 Å². The Kier molecular flexibility index (Phi) is 4.84. The average Bonchev–Trinajstić information content (AvgIpc) is 3.18. The maximum Gasteiger partial charge on any atom is 0.134 e. The number of aromatic nitrogens is 2. The van der Waals surface area contributed by atoms with Crippen LogP contribution in [-0.4, -0.2) is 23.1 Å². The molecule has 2 rings (SSSR count). The molecule has 0 bridgehead atoms. The normalized spacial score (nSPS) is 16.0. The third-order valence-corrected chi connectivity index (χ3v) is 4.17. The Hall–Kier alpha value is -1.32. The van der Waals surface area contributed by atoms with Gasteiger partial charge in [-0.3, -0.25) is 0 Å². The van der Waals surface area contributed by atoms with Crippen molar-refractivity contribution in [3.05, 3.63) is 11.4 Å². The van der Waals surface area contributed by atoms with Gasteiger partial charge in [-0.1, -0.05) is 20.3 Å². The molecule has 0 atom stereocenters. The number of aryl methyl sites for hydroxylation is 1. The van der Waals surface area contributed by atoms with Gasteiger partial charge in [-0.2, -0.15) is 0 Å². The third-order valence-electron chi connectivity index (χ3n) is 4.17. The molecule has 0 aliphatic heterocycles. The quantitative estimate of drug-likeness (QED) is 0.756. The lowest BCUT2D eigenvalue weighted by atomic mass is 10.0. The fourth-order valence-electron chi connectivity index (χ4n) is 2.71. The lowest BCUT2D eigenvalue weighted by molar-refractivity contribution is 0.485. The van der Waals surface area contributed by atoms with Gasteiger partial charge in [0.25, 0.3) is 0 Å².